The number of hydrogen-bond donors (Lipinski definition) is 0. The van der Waals surface area contributed by atoms with E-state index in [1.165, 1.54) is 0 Å². The Kier molecular flexibility index (Phi) is 5.47. The summed E-state index contributed by atoms with van der Waals surface area (Å²) in [5, 5.41) is 9.76. The number of fused-ring (bicyclic) bond motifs is 1. The molecule has 6 nitrogen and oxygen atoms in total. The maximum Gasteiger partial charge on any atom is 0.225 e. The molecule has 0 aliphatic rings. The zero-order chi connectivity index (χ0) is 18.5. The summed E-state index contributed by atoms with van der Waals surface area (Å²) in [4.78, 5) is 15.9. The van der Waals surface area contributed by atoms with Crippen molar-refractivity contribution in [3.05, 3.63) is 47.6 Å². The van der Waals surface area contributed by atoms with Crippen LogP contribution in [0.1, 0.15) is 49.9 Å². The van der Waals surface area contributed by atoms with Gasteiger partial charge in [0, 0.05) is 18.8 Å². The average Bonchev–Trinajstić information content (AvgIpc) is 3.05. The van der Waals surface area contributed by atoms with Crippen molar-refractivity contribution >= 4 is 17.0 Å². The van der Waals surface area contributed by atoms with Gasteiger partial charge >= 0.3 is 0 Å². The lowest BCUT2D eigenvalue weighted by Crippen LogP contribution is -2.27. The minimum absolute atomic E-state index is 0.371. The highest BCUT2D eigenvalue weighted by Crippen LogP contribution is 2.27. The van der Waals surface area contributed by atoms with Crippen molar-refractivity contribution in [1.82, 2.24) is 15.0 Å². The standard InChI is InChI=1S/C20H23N5O/c1-4-10-25(11-5-2)20-22-14(3)12-17(24-20)15(13-21)19-23-16-8-6-7-9-18(16)26-19/h6-9,12,15H,4-5,10-11H2,1-3H3. The van der Waals surface area contributed by atoms with Gasteiger partial charge in [0.15, 0.2) is 11.5 Å². The molecule has 0 amide bonds. The summed E-state index contributed by atoms with van der Waals surface area (Å²) in [6, 6.07) is 11.6. The molecule has 0 radical (unpaired) electrons. The number of hydrogen-bond acceptors (Lipinski definition) is 6. The van der Waals surface area contributed by atoms with Crippen LogP contribution in [-0.4, -0.2) is 28.0 Å². The zero-order valence-corrected chi connectivity index (χ0v) is 15.4. The normalized spacial score (nSPS) is 12.1. The number of rotatable bonds is 7. The van der Waals surface area contributed by atoms with Crippen LogP contribution in [0, 0.1) is 18.3 Å². The molecule has 3 rings (SSSR count). The average molecular weight is 349 g/mol. The molecule has 0 saturated heterocycles. The molecule has 1 aromatic carbocycles. The van der Waals surface area contributed by atoms with Gasteiger partial charge in [-0.05, 0) is 38.0 Å². The van der Waals surface area contributed by atoms with Crippen LogP contribution >= 0.6 is 0 Å². The summed E-state index contributed by atoms with van der Waals surface area (Å²) in [5.41, 5.74) is 2.87. The van der Waals surface area contributed by atoms with Gasteiger partial charge in [0.05, 0.1) is 11.8 Å². The highest BCUT2D eigenvalue weighted by Gasteiger charge is 2.23. The Hall–Kier alpha value is -2.94. The highest BCUT2D eigenvalue weighted by molar-refractivity contribution is 5.72. The van der Waals surface area contributed by atoms with Gasteiger partial charge in [0.1, 0.15) is 5.52 Å². The van der Waals surface area contributed by atoms with Gasteiger partial charge in [-0.25, -0.2) is 15.0 Å². The monoisotopic (exact) mass is 349 g/mol. The predicted molar refractivity (Wildman–Crippen MR) is 101 cm³/mol. The number of nitrogens with zero attached hydrogens (tertiary/aromatic N) is 5. The quantitative estimate of drug-likeness (QED) is 0.636. The molecule has 2 aromatic heterocycles. The van der Waals surface area contributed by atoms with E-state index in [4.69, 9.17) is 4.42 Å². The first-order valence-electron chi connectivity index (χ1n) is 9.01. The Morgan fingerprint density at radius 1 is 1.12 bits per heavy atom. The van der Waals surface area contributed by atoms with Gasteiger partial charge in [-0.1, -0.05) is 26.0 Å². The van der Waals surface area contributed by atoms with E-state index in [2.05, 4.69) is 39.8 Å². The van der Waals surface area contributed by atoms with Crippen molar-refractivity contribution in [3.63, 3.8) is 0 Å². The SMILES string of the molecule is CCCN(CCC)c1nc(C)cc(C(C#N)c2nc3ccccc3o2)n1. The molecule has 0 spiro atoms. The molecule has 2 heterocycles. The minimum Gasteiger partial charge on any atom is -0.439 e. The largest absolute Gasteiger partial charge is 0.439 e. The van der Waals surface area contributed by atoms with E-state index < -0.39 is 5.92 Å². The molecule has 134 valence electrons. The molecular formula is C20H23N5O. The van der Waals surface area contributed by atoms with Gasteiger partial charge in [0.25, 0.3) is 0 Å². The molecule has 1 atom stereocenters. The highest BCUT2D eigenvalue weighted by atomic mass is 16.3. The number of aromatic nitrogens is 3. The van der Waals surface area contributed by atoms with Gasteiger partial charge in [-0.3, -0.25) is 0 Å². The van der Waals surface area contributed by atoms with Crippen LogP contribution in [0.4, 0.5) is 5.95 Å². The molecule has 3 aromatic rings. The third kappa shape index (κ3) is 3.67. The summed E-state index contributed by atoms with van der Waals surface area (Å²) in [6.07, 6.45) is 2.03. The number of benzene rings is 1. The molecule has 0 bridgehead atoms. The van der Waals surface area contributed by atoms with Crippen LogP contribution in [0.5, 0.6) is 0 Å². The fourth-order valence-electron chi connectivity index (χ4n) is 2.98. The van der Waals surface area contributed by atoms with E-state index in [0.717, 1.165) is 37.1 Å². The van der Waals surface area contributed by atoms with Crippen molar-refractivity contribution in [2.75, 3.05) is 18.0 Å². The smallest absolute Gasteiger partial charge is 0.225 e. The lowest BCUT2D eigenvalue weighted by molar-refractivity contribution is 0.525. The summed E-state index contributed by atoms with van der Waals surface area (Å²) in [6.45, 7) is 7.96. The fourth-order valence-corrected chi connectivity index (χ4v) is 2.98. The van der Waals surface area contributed by atoms with Gasteiger partial charge in [-0.2, -0.15) is 5.26 Å². The van der Waals surface area contributed by atoms with Gasteiger partial charge in [-0.15, -0.1) is 0 Å². The molecule has 0 saturated carbocycles. The Balaban J connectivity index is 2.01. The zero-order valence-electron chi connectivity index (χ0n) is 15.4. The number of anilines is 1. The molecule has 0 aliphatic carbocycles. The molecule has 0 aliphatic heterocycles. The second-order valence-corrected chi connectivity index (χ2v) is 6.30. The number of nitriles is 1. The van der Waals surface area contributed by atoms with Gasteiger partial charge < -0.3 is 9.32 Å². The number of oxazole rings is 1. The van der Waals surface area contributed by atoms with Crippen molar-refractivity contribution < 1.29 is 4.42 Å². The molecule has 0 N–H and O–H groups in total. The van der Waals surface area contributed by atoms with Crippen molar-refractivity contribution in [3.8, 4) is 6.07 Å². The second kappa shape index (κ2) is 7.96. The molecule has 26 heavy (non-hydrogen) atoms. The first kappa shape index (κ1) is 17.9. The van der Waals surface area contributed by atoms with Crippen molar-refractivity contribution in [2.45, 2.75) is 39.5 Å². The van der Waals surface area contributed by atoms with Crippen LogP contribution in [0.25, 0.3) is 11.1 Å². The number of para-hydroxylation sites is 2. The topological polar surface area (TPSA) is 78.8 Å². The first-order chi connectivity index (χ1) is 12.7. The summed E-state index contributed by atoms with van der Waals surface area (Å²) >= 11 is 0. The fraction of sp³-hybridized carbons (Fsp3) is 0.400. The maximum absolute atomic E-state index is 9.76. The molecule has 1 unspecified atom stereocenters. The van der Waals surface area contributed by atoms with E-state index in [1.807, 2.05) is 37.3 Å². The number of aryl methyl sites for hydroxylation is 1. The Bertz CT molecular complexity index is 888. The molecule has 0 fully saturated rings. The maximum atomic E-state index is 9.76. The summed E-state index contributed by atoms with van der Waals surface area (Å²) in [5.74, 6) is 0.378. The van der Waals surface area contributed by atoms with Gasteiger partial charge in [0.2, 0.25) is 11.8 Å². The molecular weight excluding hydrogens is 326 g/mol. The van der Waals surface area contributed by atoms with E-state index in [9.17, 15) is 5.26 Å². The van der Waals surface area contributed by atoms with Crippen LogP contribution in [0.3, 0.4) is 0 Å². The van der Waals surface area contributed by atoms with Crippen LogP contribution < -0.4 is 4.90 Å². The lowest BCUT2D eigenvalue weighted by Gasteiger charge is -2.22. The Morgan fingerprint density at radius 3 is 2.50 bits per heavy atom. The first-order valence-corrected chi connectivity index (χ1v) is 9.01. The third-order valence-electron chi connectivity index (χ3n) is 4.11. The van der Waals surface area contributed by atoms with Crippen LogP contribution in [0.15, 0.2) is 34.7 Å². The summed E-state index contributed by atoms with van der Waals surface area (Å²) < 4.78 is 5.80. The van der Waals surface area contributed by atoms with Crippen molar-refractivity contribution in [2.24, 2.45) is 0 Å². The van der Waals surface area contributed by atoms with E-state index in [-0.39, 0.29) is 0 Å². The minimum atomic E-state index is -0.659. The third-order valence-corrected chi connectivity index (χ3v) is 4.11. The van der Waals surface area contributed by atoms with E-state index >= 15 is 0 Å². The van der Waals surface area contributed by atoms with Crippen LogP contribution in [0.2, 0.25) is 0 Å². The van der Waals surface area contributed by atoms with Crippen LogP contribution in [-0.2, 0) is 0 Å². The predicted octanol–water partition coefficient (Wildman–Crippen LogP) is 4.21. The van der Waals surface area contributed by atoms with Crippen molar-refractivity contribution in [1.29, 1.82) is 5.26 Å². The molecule has 6 heteroatoms. The summed E-state index contributed by atoms with van der Waals surface area (Å²) in [7, 11) is 0. The Labute approximate surface area is 153 Å². The lowest BCUT2D eigenvalue weighted by atomic mass is 10.1. The van der Waals surface area contributed by atoms with E-state index in [0.29, 0.717) is 23.1 Å². The second-order valence-electron chi connectivity index (χ2n) is 6.30. The van der Waals surface area contributed by atoms with E-state index in [1.54, 1.807) is 0 Å². The Morgan fingerprint density at radius 2 is 1.85 bits per heavy atom.